The zero-order valence-electron chi connectivity index (χ0n) is 12.3. The van der Waals surface area contributed by atoms with E-state index in [4.69, 9.17) is 15.9 Å². The first-order valence-electron chi connectivity index (χ1n) is 6.81. The first-order chi connectivity index (χ1) is 9.58. The van der Waals surface area contributed by atoms with Crippen LogP contribution in [0.2, 0.25) is 0 Å². The van der Waals surface area contributed by atoms with Crippen LogP contribution in [0.25, 0.3) is 0 Å². The summed E-state index contributed by atoms with van der Waals surface area (Å²) in [6.07, 6.45) is 5.26. The molecule has 0 radical (unpaired) electrons. The quantitative estimate of drug-likeness (QED) is 0.375. The number of amidine groups is 1. The Morgan fingerprint density at radius 2 is 2.35 bits per heavy atom. The molecular weight excluding hydrogens is 272 g/mol. The fourth-order valence-electron chi connectivity index (χ4n) is 2.53. The molecule has 0 fully saturated rings. The monoisotopic (exact) mass is 294 g/mol. The van der Waals surface area contributed by atoms with Crippen LogP contribution in [0.3, 0.4) is 0 Å². The average Bonchev–Trinajstić information content (AvgIpc) is 2.91. The number of pyridine rings is 1. The highest BCUT2D eigenvalue weighted by Crippen LogP contribution is 2.28. The molecule has 20 heavy (non-hydrogen) atoms. The van der Waals surface area contributed by atoms with Crippen molar-refractivity contribution in [2.24, 2.45) is 10.9 Å². The van der Waals surface area contributed by atoms with Gasteiger partial charge in [-0.2, -0.15) is 11.8 Å². The summed E-state index contributed by atoms with van der Waals surface area (Å²) in [5, 5.41) is 12.2. The van der Waals surface area contributed by atoms with Gasteiger partial charge in [0.1, 0.15) is 5.82 Å². The minimum Gasteiger partial charge on any atom is -0.409 e. The van der Waals surface area contributed by atoms with E-state index in [9.17, 15) is 0 Å². The summed E-state index contributed by atoms with van der Waals surface area (Å²) in [7, 11) is 2.01. The molecule has 1 aromatic rings. The lowest BCUT2D eigenvalue weighted by Gasteiger charge is -2.27. The molecule has 0 saturated carbocycles. The van der Waals surface area contributed by atoms with Crippen LogP contribution in [0.15, 0.2) is 11.2 Å². The van der Waals surface area contributed by atoms with Crippen LogP contribution in [0.4, 0.5) is 5.82 Å². The second-order valence-corrected chi connectivity index (χ2v) is 6.13. The Bertz CT molecular complexity index is 518. The summed E-state index contributed by atoms with van der Waals surface area (Å²) in [6, 6.07) is 2.37. The Morgan fingerprint density at radius 3 is 3.00 bits per heavy atom. The summed E-state index contributed by atoms with van der Waals surface area (Å²) in [4.78, 5) is 6.88. The number of nitrogens with zero attached hydrogens (tertiary/aromatic N) is 3. The van der Waals surface area contributed by atoms with E-state index in [2.05, 4.69) is 23.2 Å². The molecule has 5 nitrogen and oxygen atoms in total. The van der Waals surface area contributed by atoms with Crippen molar-refractivity contribution >= 4 is 23.4 Å². The van der Waals surface area contributed by atoms with E-state index >= 15 is 0 Å². The van der Waals surface area contributed by atoms with Gasteiger partial charge in [-0.3, -0.25) is 0 Å². The number of hydrogen-bond donors (Lipinski definition) is 2. The molecule has 1 aromatic heterocycles. The predicted molar refractivity (Wildman–Crippen MR) is 85.0 cm³/mol. The fraction of sp³-hybridized carbons (Fsp3) is 0.571. The maximum Gasteiger partial charge on any atom is 0.173 e. The van der Waals surface area contributed by atoms with Gasteiger partial charge in [-0.1, -0.05) is 5.16 Å². The lowest BCUT2D eigenvalue weighted by Crippen LogP contribution is -2.34. The van der Waals surface area contributed by atoms with Crippen molar-refractivity contribution in [2.45, 2.75) is 32.2 Å². The van der Waals surface area contributed by atoms with E-state index in [-0.39, 0.29) is 5.84 Å². The van der Waals surface area contributed by atoms with Crippen LogP contribution in [0.1, 0.15) is 30.2 Å². The topological polar surface area (TPSA) is 74.7 Å². The number of thioether (sulfide) groups is 1. The Hall–Kier alpha value is -1.43. The lowest BCUT2D eigenvalue weighted by molar-refractivity contribution is 0.318. The molecule has 0 amide bonds. The molecule has 2 rings (SSSR count). The molecule has 1 atom stereocenters. The summed E-state index contributed by atoms with van der Waals surface area (Å²) in [5.74, 6) is 1.94. The van der Waals surface area contributed by atoms with E-state index in [0.29, 0.717) is 6.04 Å². The number of aromatic nitrogens is 1. The third-order valence-electron chi connectivity index (χ3n) is 3.82. The maximum atomic E-state index is 9.00. The number of rotatable bonds is 5. The number of anilines is 1. The highest BCUT2D eigenvalue weighted by atomic mass is 32.2. The number of aryl methyl sites for hydroxylation is 2. The van der Waals surface area contributed by atoms with Crippen molar-refractivity contribution in [3.05, 3.63) is 22.9 Å². The zero-order valence-corrected chi connectivity index (χ0v) is 13.1. The van der Waals surface area contributed by atoms with Crippen LogP contribution in [0.5, 0.6) is 0 Å². The zero-order chi connectivity index (χ0) is 14.7. The summed E-state index contributed by atoms with van der Waals surface area (Å²) in [5.41, 5.74) is 8.93. The van der Waals surface area contributed by atoms with Gasteiger partial charge in [0.2, 0.25) is 0 Å². The van der Waals surface area contributed by atoms with E-state index < -0.39 is 0 Å². The van der Waals surface area contributed by atoms with Crippen molar-refractivity contribution in [2.75, 3.05) is 24.0 Å². The Morgan fingerprint density at radius 1 is 1.60 bits per heavy atom. The predicted octanol–water partition coefficient (Wildman–Crippen LogP) is 1.85. The molecule has 0 aliphatic heterocycles. The normalized spacial score (nSPS) is 16.1. The van der Waals surface area contributed by atoms with Gasteiger partial charge in [-0.15, -0.1) is 0 Å². The van der Waals surface area contributed by atoms with Gasteiger partial charge in [0, 0.05) is 24.5 Å². The highest BCUT2D eigenvalue weighted by Gasteiger charge is 2.22. The first-order valence-corrected chi connectivity index (χ1v) is 8.20. The standard InChI is InChI=1S/C14H22N4OS/c1-9(8-20-3)18(2)14-11(13(15)17-19)7-10-5-4-6-12(10)16-14/h7,9,19H,4-6,8H2,1-3H3,(H2,15,17). The molecule has 1 unspecified atom stereocenters. The summed E-state index contributed by atoms with van der Waals surface area (Å²) < 4.78 is 0. The Balaban J connectivity index is 2.44. The largest absolute Gasteiger partial charge is 0.409 e. The third-order valence-corrected chi connectivity index (χ3v) is 4.63. The van der Waals surface area contributed by atoms with Crippen LogP contribution in [-0.4, -0.2) is 41.1 Å². The van der Waals surface area contributed by atoms with Crippen molar-refractivity contribution in [3.8, 4) is 0 Å². The van der Waals surface area contributed by atoms with Crippen molar-refractivity contribution in [1.82, 2.24) is 4.98 Å². The Kier molecular flexibility index (Phi) is 4.75. The minimum atomic E-state index is 0.130. The van der Waals surface area contributed by atoms with Gasteiger partial charge in [0.05, 0.1) is 5.56 Å². The molecule has 0 bridgehead atoms. The van der Waals surface area contributed by atoms with Gasteiger partial charge < -0.3 is 15.8 Å². The number of oxime groups is 1. The molecule has 1 aliphatic rings. The van der Waals surface area contributed by atoms with Gasteiger partial charge in [-0.25, -0.2) is 4.98 Å². The van der Waals surface area contributed by atoms with Crippen LogP contribution < -0.4 is 10.6 Å². The molecule has 3 N–H and O–H groups in total. The van der Waals surface area contributed by atoms with E-state index in [1.807, 2.05) is 13.1 Å². The number of nitrogens with two attached hydrogens (primary N) is 1. The fourth-order valence-corrected chi connectivity index (χ4v) is 3.24. The molecule has 0 aromatic carbocycles. The SMILES string of the molecule is CSCC(C)N(C)c1nc2c(cc1C(N)=NO)CCC2. The Labute approximate surface area is 124 Å². The lowest BCUT2D eigenvalue weighted by atomic mass is 10.1. The second kappa shape index (κ2) is 6.35. The average molecular weight is 294 g/mol. The van der Waals surface area contributed by atoms with Crippen molar-refractivity contribution < 1.29 is 5.21 Å². The van der Waals surface area contributed by atoms with Crippen LogP contribution in [0, 0.1) is 0 Å². The van der Waals surface area contributed by atoms with E-state index in [1.165, 1.54) is 5.56 Å². The molecular formula is C14H22N4OS. The highest BCUT2D eigenvalue weighted by molar-refractivity contribution is 7.98. The van der Waals surface area contributed by atoms with Crippen molar-refractivity contribution in [3.63, 3.8) is 0 Å². The number of hydrogen-bond acceptors (Lipinski definition) is 5. The van der Waals surface area contributed by atoms with Gasteiger partial charge in [0.15, 0.2) is 5.84 Å². The van der Waals surface area contributed by atoms with Crippen LogP contribution >= 0.6 is 11.8 Å². The smallest absolute Gasteiger partial charge is 0.173 e. The first kappa shape index (κ1) is 15.0. The minimum absolute atomic E-state index is 0.130. The van der Waals surface area contributed by atoms with Gasteiger partial charge >= 0.3 is 0 Å². The molecule has 110 valence electrons. The third kappa shape index (κ3) is 2.85. The van der Waals surface area contributed by atoms with Crippen LogP contribution in [-0.2, 0) is 12.8 Å². The van der Waals surface area contributed by atoms with Gasteiger partial charge in [0.25, 0.3) is 0 Å². The summed E-state index contributed by atoms with van der Waals surface area (Å²) >= 11 is 1.80. The molecule has 1 aliphatic carbocycles. The summed E-state index contributed by atoms with van der Waals surface area (Å²) in [6.45, 7) is 2.15. The van der Waals surface area contributed by atoms with Gasteiger partial charge in [-0.05, 0) is 44.1 Å². The molecule has 6 heteroatoms. The second-order valence-electron chi connectivity index (χ2n) is 5.22. The molecule has 1 heterocycles. The molecule has 0 spiro atoms. The van der Waals surface area contributed by atoms with E-state index in [1.54, 1.807) is 11.8 Å². The number of fused-ring (bicyclic) bond motifs is 1. The van der Waals surface area contributed by atoms with E-state index in [0.717, 1.165) is 42.1 Å². The maximum absolute atomic E-state index is 9.00. The molecule has 0 saturated heterocycles. The van der Waals surface area contributed by atoms with Crippen molar-refractivity contribution in [1.29, 1.82) is 0 Å².